The van der Waals surface area contributed by atoms with Gasteiger partial charge in [-0.1, -0.05) is 109 Å². The van der Waals surface area contributed by atoms with Gasteiger partial charge >= 0.3 is 0 Å². The van der Waals surface area contributed by atoms with Gasteiger partial charge in [0.2, 0.25) is 0 Å². The molecule has 0 aliphatic carbocycles. The fraction of sp³-hybridized carbons (Fsp3) is 0. The highest BCUT2D eigenvalue weighted by atomic mass is 32.1. The average molecular weight is 673 g/mol. The maximum Gasteiger partial charge on any atom is 0.160 e. The lowest BCUT2D eigenvalue weighted by atomic mass is 9.93. The first-order valence-electron chi connectivity index (χ1n) is 16.7. The molecule has 4 heteroatoms. The van der Waals surface area contributed by atoms with E-state index in [4.69, 9.17) is 9.97 Å². The van der Waals surface area contributed by atoms with Crippen LogP contribution in [0.1, 0.15) is 0 Å². The van der Waals surface area contributed by atoms with E-state index in [0.29, 0.717) is 5.82 Å². The summed E-state index contributed by atoms with van der Waals surface area (Å²) in [5, 5.41) is 5.19. The first kappa shape index (κ1) is 29.0. The van der Waals surface area contributed by atoms with Gasteiger partial charge in [-0.2, -0.15) is 0 Å². The Morgan fingerprint density at radius 3 is 1.28 bits per heavy atom. The topological polar surface area (TPSA) is 25.8 Å². The first-order chi connectivity index (χ1) is 24.7. The largest absolute Gasteiger partial charge is 0.228 e. The second-order valence-electron chi connectivity index (χ2n) is 12.6. The highest BCUT2D eigenvalue weighted by Gasteiger charge is 2.15. The van der Waals surface area contributed by atoms with Gasteiger partial charge in [-0.15, -0.1) is 22.7 Å². The van der Waals surface area contributed by atoms with Crippen LogP contribution >= 0.6 is 22.7 Å². The standard InChI is InChI=1S/C46H28N2S2/c1-3-11-29(12-4-1)40-28-41(48-46(47-40)30-13-5-2-6-14-30)35-24-33(31-19-21-44-38(26-31)36-15-7-9-17-42(36)49-44)23-34(25-35)32-20-22-45-39(27-32)37-16-8-10-18-43(37)50-45/h1-28H. The predicted octanol–water partition coefficient (Wildman–Crippen LogP) is 13.5. The predicted molar refractivity (Wildman–Crippen MR) is 215 cm³/mol. The monoisotopic (exact) mass is 672 g/mol. The minimum atomic E-state index is 0.714. The fourth-order valence-electron chi connectivity index (χ4n) is 6.99. The van der Waals surface area contributed by atoms with E-state index in [1.54, 1.807) is 0 Å². The Hall–Kier alpha value is -5.94. The Bertz CT molecular complexity index is 2680. The molecule has 2 nitrogen and oxygen atoms in total. The van der Waals surface area contributed by atoms with Gasteiger partial charge in [-0.25, -0.2) is 9.97 Å². The molecule has 0 aliphatic rings. The Balaban J connectivity index is 1.21. The van der Waals surface area contributed by atoms with Crippen molar-refractivity contribution in [3.8, 4) is 56.2 Å². The SMILES string of the molecule is c1ccc(-c2cc(-c3cc(-c4ccc5sc6ccccc6c5c4)cc(-c4ccc5sc6ccccc6c5c4)c3)nc(-c3ccccc3)n2)cc1. The van der Waals surface area contributed by atoms with Crippen LogP contribution in [0.25, 0.3) is 96.5 Å². The molecule has 234 valence electrons. The van der Waals surface area contributed by atoms with Crippen molar-refractivity contribution >= 4 is 63.0 Å². The molecule has 0 radical (unpaired) electrons. The smallest absolute Gasteiger partial charge is 0.160 e. The summed E-state index contributed by atoms with van der Waals surface area (Å²) in [5.74, 6) is 0.714. The summed E-state index contributed by atoms with van der Waals surface area (Å²) in [6, 6.07) is 60.9. The van der Waals surface area contributed by atoms with Crippen molar-refractivity contribution in [2.45, 2.75) is 0 Å². The number of benzene rings is 7. The van der Waals surface area contributed by atoms with Gasteiger partial charge in [0.1, 0.15) is 0 Å². The van der Waals surface area contributed by atoms with Crippen LogP contribution in [0, 0.1) is 0 Å². The van der Waals surface area contributed by atoms with Gasteiger partial charge in [0.05, 0.1) is 11.4 Å². The Morgan fingerprint density at radius 1 is 0.280 bits per heavy atom. The second kappa shape index (κ2) is 11.9. The summed E-state index contributed by atoms with van der Waals surface area (Å²) in [5.41, 5.74) is 9.60. The van der Waals surface area contributed by atoms with E-state index in [0.717, 1.165) is 39.2 Å². The van der Waals surface area contributed by atoms with Crippen LogP contribution in [0.3, 0.4) is 0 Å². The minimum Gasteiger partial charge on any atom is -0.228 e. The van der Waals surface area contributed by atoms with Gasteiger partial charge in [0.25, 0.3) is 0 Å². The van der Waals surface area contributed by atoms with E-state index in [1.165, 1.54) is 51.5 Å². The molecule has 3 heterocycles. The van der Waals surface area contributed by atoms with Crippen molar-refractivity contribution in [3.63, 3.8) is 0 Å². The number of hydrogen-bond acceptors (Lipinski definition) is 4. The lowest BCUT2D eigenvalue weighted by Crippen LogP contribution is -1.96. The van der Waals surface area contributed by atoms with E-state index in [9.17, 15) is 0 Å². The number of thiophene rings is 2. The number of nitrogens with zero attached hydrogens (tertiary/aromatic N) is 2. The number of aromatic nitrogens is 2. The van der Waals surface area contributed by atoms with Crippen LogP contribution < -0.4 is 0 Å². The molecule has 50 heavy (non-hydrogen) atoms. The molecular weight excluding hydrogens is 645 g/mol. The van der Waals surface area contributed by atoms with Gasteiger partial charge in [0, 0.05) is 57.0 Å². The van der Waals surface area contributed by atoms with Crippen molar-refractivity contribution < 1.29 is 0 Å². The zero-order valence-corrected chi connectivity index (χ0v) is 28.5. The summed E-state index contributed by atoms with van der Waals surface area (Å²) >= 11 is 3.70. The summed E-state index contributed by atoms with van der Waals surface area (Å²) in [7, 11) is 0. The molecule has 0 atom stereocenters. The molecule has 0 bridgehead atoms. The van der Waals surface area contributed by atoms with Crippen LogP contribution in [0.15, 0.2) is 170 Å². The van der Waals surface area contributed by atoms with Crippen LogP contribution in [-0.2, 0) is 0 Å². The third kappa shape index (κ3) is 5.09. The van der Waals surface area contributed by atoms with E-state index >= 15 is 0 Å². The molecule has 0 aliphatic heterocycles. The molecular formula is C46H28N2S2. The van der Waals surface area contributed by atoms with Crippen LogP contribution in [0.2, 0.25) is 0 Å². The van der Waals surface area contributed by atoms with Crippen molar-refractivity contribution in [2.75, 3.05) is 0 Å². The van der Waals surface area contributed by atoms with Crippen molar-refractivity contribution in [1.29, 1.82) is 0 Å². The highest BCUT2D eigenvalue weighted by Crippen LogP contribution is 2.41. The second-order valence-corrected chi connectivity index (χ2v) is 14.8. The molecule has 10 aromatic rings. The van der Waals surface area contributed by atoms with Gasteiger partial charge in [0.15, 0.2) is 5.82 Å². The molecule has 0 saturated heterocycles. The van der Waals surface area contributed by atoms with Gasteiger partial charge < -0.3 is 0 Å². The summed E-state index contributed by atoms with van der Waals surface area (Å²) in [4.78, 5) is 10.3. The van der Waals surface area contributed by atoms with Gasteiger partial charge in [-0.05, 0) is 82.9 Å². The summed E-state index contributed by atoms with van der Waals surface area (Å²) < 4.78 is 5.23. The highest BCUT2D eigenvalue weighted by molar-refractivity contribution is 7.26. The van der Waals surface area contributed by atoms with E-state index in [2.05, 4.69) is 146 Å². The lowest BCUT2D eigenvalue weighted by molar-refractivity contribution is 1.18. The first-order valence-corrected chi connectivity index (χ1v) is 18.4. The number of hydrogen-bond donors (Lipinski definition) is 0. The molecule has 0 spiro atoms. The maximum atomic E-state index is 5.23. The third-order valence-electron chi connectivity index (χ3n) is 9.48. The van der Waals surface area contributed by atoms with E-state index < -0.39 is 0 Å². The zero-order valence-electron chi connectivity index (χ0n) is 26.9. The number of fused-ring (bicyclic) bond motifs is 6. The zero-order chi connectivity index (χ0) is 33.0. The van der Waals surface area contributed by atoms with Crippen LogP contribution in [0.5, 0.6) is 0 Å². The third-order valence-corrected chi connectivity index (χ3v) is 11.8. The maximum absolute atomic E-state index is 5.23. The molecule has 0 unspecified atom stereocenters. The molecule has 0 amide bonds. The Morgan fingerprint density at radius 2 is 0.720 bits per heavy atom. The Kier molecular flexibility index (Phi) is 6.90. The molecule has 0 saturated carbocycles. The quantitative estimate of drug-likeness (QED) is 0.182. The summed E-state index contributed by atoms with van der Waals surface area (Å²) in [6.07, 6.45) is 0. The average Bonchev–Trinajstić information content (AvgIpc) is 3.76. The van der Waals surface area contributed by atoms with E-state index in [-0.39, 0.29) is 0 Å². The van der Waals surface area contributed by atoms with Crippen molar-refractivity contribution in [3.05, 3.63) is 170 Å². The van der Waals surface area contributed by atoms with Crippen molar-refractivity contribution in [2.24, 2.45) is 0 Å². The van der Waals surface area contributed by atoms with Crippen LogP contribution in [-0.4, -0.2) is 9.97 Å². The fourth-order valence-corrected chi connectivity index (χ4v) is 9.16. The van der Waals surface area contributed by atoms with Gasteiger partial charge in [-0.3, -0.25) is 0 Å². The molecule has 10 rings (SSSR count). The molecule has 3 aromatic heterocycles. The van der Waals surface area contributed by atoms with E-state index in [1.807, 2.05) is 46.9 Å². The molecule has 0 fully saturated rings. The molecule has 7 aromatic carbocycles. The lowest BCUT2D eigenvalue weighted by Gasteiger charge is -2.13. The molecule has 0 N–H and O–H groups in total. The summed E-state index contributed by atoms with van der Waals surface area (Å²) in [6.45, 7) is 0. The Labute approximate surface area is 297 Å². The number of rotatable bonds is 5. The minimum absolute atomic E-state index is 0.714. The normalized spacial score (nSPS) is 11.6. The van der Waals surface area contributed by atoms with Crippen molar-refractivity contribution in [1.82, 2.24) is 9.97 Å². The van der Waals surface area contributed by atoms with Crippen LogP contribution in [0.4, 0.5) is 0 Å².